The number of nitrogens with one attached hydrogen (secondary N) is 1. The smallest absolute Gasteiger partial charge is 0.150 e. The van der Waals surface area contributed by atoms with Crippen molar-refractivity contribution in [2.75, 3.05) is 18.5 Å². The highest BCUT2D eigenvalue weighted by molar-refractivity contribution is 5.60. The zero-order chi connectivity index (χ0) is 17.2. The maximum Gasteiger partial charge on any atom is 0.150 e. The van der Waals surface area contributed by atoms with Gasteiger partial charge >= 0.3 is 0 Å². The molecule has 1 aliphatic carbocycles. The van der Waals surface area contributed by atoms with E-state index in [4.69, 9.17) is 9.47 Å². The molecular formula is C21H30FNO2. The van der Waals surface area contributed by atoms with Crippen LogP contribution in [-0.4, -0.2) is 19.3 Å². The molecule has 1 aromatic rings. The predicted octanol–water partition coefficient (Wildman–Crippen LogP) is 5.46. The second kappa shape index (κ2) is 7.53. The van der Waals surface area contributed by atoms with Crippen molar-refractivity contribution < 1.29 is 13.9 Å². The first kappa shape index (κ1) is 17.1. The van der Waals surface area contributed by atoms with Gasteiger partial charge in [0.2, 0.25) is 0 Å². The lowest BCUT2D eigenvalue weighted by Crippen LogP contribution is -2.42. The summed E-state index contributed by atoms with van der Waals surface area (Å²) >= 11 is 0. The second-order valence-corrected chi connectivity index (χ2v) is 7.88. The fourth-order valence-electron chi connectivity index (χ4n) is 4.93. The molecule has 0 amide bonds. The van der Waals surface area contributed by atoms with Crippen LogP contribution in [0.2, 0.25) is 0 Å². The van der Waals surface area contributed by atoms with Gasteiger partial charge in [0.25, 0.3) is 0 Å². The summed E-state index contributed by atoms with van der Waals surface area (Å²) in [5, 5.41) is 3.59. The molecule has 0 aromatic heterocycles. The number of ether oxygens (including phenoxy) is 2. The van der Waals surface area contributed by atoms with Crippen LogP contribution in [0.25, 0.3) is 0 Å². The molecule has 0 bridgehead atoms. The fraction of sp³-hybridized carbons (Fsp3) is 0.714. The Hall–Kier alpha value is -1.29. The highest BCUT2D eigenvalue weighted by atomic mass is 19.1. The molecule has 0 radical (unpaired) electrons. The van der Waals surface area contributed by atoms with Crippen LogP contribution in [0.3, 0.4) is 0 Å². The summed E-state index contributed by atoms with van der Waals surface area (Å²) < 4.78 is 26.7. The number of rotatable bonds is 5. The largest absolute Gasteiger partial charge is 0.493 e. The van der Waals surface area contributed by atoms with Gasteiger partial charge in [-0.25, -0.2) is 4.39 Å². The molecule has 4 rings (SSSR count). The summed E-state index contributed by atoms with van der Waals surface area (Å²) in [5.74, 6) is 1.55. The molecular weight excluding hydrogens is 317 g/mol. The predicted molar refractivity (Wildman–Crippen MR) is 97.6 cm³/mol. The van der Waals surface area contributed by atoms with Crippen molar-refractivity contribution in [2.24, 2.45) is 11.8 Å². The lowest BCUT2D eigenvalue weighted by atomic mass is 9.73. The van der Waals surface area contributed by atoms with Crippen molar-refractivity contribution in [1.82, 2.24) is 0 Å². The van der Waals surface area contributed by atoms with Crippen molar-refractivity contribution in [2.45, 2.75) is 70.4 Å². The first-order valence-corrected chi connectivity index (χ1v) is 10.1. The van der Waals surface area contributed by atoms with Gasteiger partial charge in [-0.05, 0) is 37.7 Å². The third kappa shape index (κ3) is 3.38. The zero-order valence-corrected chi connectivity index (χ0v) is 15.2. The van der Waals surface area contributed by atoms with E-state index in [0.717, 1.165) is 31.4 Å². The quantitative estimate of drug-likeness (QED) is 0.718. The van der Waals surface area contributed by atoms with Crippen LogP contribution in [0, 0.1) is 17.7 Å². The van der Waals surface area contributed by atoms with Crippen molar-refractivity contribution in [1.29, 1.82) is 0 Å². The van der Waals surface area contributed by atoms with Gasteiger partial charge in [-0.15, -0.1) is 0 Å². The minimum absolute atomic E-state index is 0.0207. The monoisotopic (exact) mass is 347 g/mol. The normalized spacial score (nSPS) is 29.0. The Morgan fingerprint density at radius 1 is 1.20 bits per heavy atom. The van der Waals surface area contributed by atoms with Crippen LogP contribution in [0.15, 0.2) is 12.1 Å². The number of unbranched alkanes of at least 4 members (excludes halogenated alkanes) is 1. The average molecular weight is 347 g/mol. The third-order valence-electron chi connectivity index (χ3n) is 6.23. The molecule has 1 saturated heterocycles. The Morgan fingerprint density at radius 3 is 2.84 bits per heavy atom. The van der Waals surface area contributed by atoms with E-state index in [9.17, 15) is 4.39 Å². The van der Waals surface area contributed by atoms with Crippen LogP contribution in [0.5, 0.6) is 5.75 Å². The van der Waals surface area contributed by atoms with Gasteiger partial charge in [0.15, 0.2) is 0 Å². The fourth-order valence-corrected chi connectivity index (χ4v) is 4.93. The molecule has 138 valence electrons. The van der Waals surface area contributed by atoms with Crippen molar-refractivity contribution >= 4 is 5.69 Å². The van der Waals surface area contributed by atoms with Crippen LogP contribution < -0.4 is 10.1 Å². The van der Waals surface area contributed by atoms with Crippen molar-refractivity contribution in [3.63, 3.8) is 0 Å². The minimum Gasteiger partial charge on any atom is -0.493 e. The molecule has 1 saturated carbocycles. The van der Waals surface area contributed by atoms with Crippen LogP contribution in [0.4, 0.5) is 10.1 Å². The molecule has 2 aliphatic heterocycles. The molecule has 0 unspecified atom stereocenters. The third-order valence-corrected chi connectivity index (χ3v) is 6.23. The van der Waals surface area contributed by atoms with E-state index in [2.05, 4.69) is 12.2 Å². The number of fused-ring (bicyclic) bond motifs is 3. The molecule has 1 aromatic carbocycles. The molecule has 25 heavy (non-hydrogen) atoms. The Labute approximate surface area is 150 Å². The molecule has 2 fully saturated rings. The Bertz CT molecular complexity index is 600. The summed E-state index contributed by atoms with van der Waals surface area (Å²) in [5.41, 5.74) is 1.61. The van der Waals surface area contributed by atoms with Gasteiger partial charge in [-0.1, -0.05) is 32.6 Å². The van der Waals surface area contributed by atoms with E-state index in [-0.39, 0.29) is 11.9 Å². The molecule has 3 atom stereocenters. The summed E-state index contributed by atoms with van der Waals surface area (Å²) in [6.45, 7) is 3.55. The van der Waals surface area contributed by atoms with Gasteiger partial charge in [0.1, 0.15) is 11.6 Å². The van der Waals surface area contributed by atoms with E-state index in [1.54, 1.807) is 0 Å². The molecule has 2 heterocycles. The molecule has 0 spiro atoms. The van der Waals surface area contributed by atoms with Crippen molar-refractivity contribution in [3.8, 4) is 5.75 Å². The molecule has 4 heteroatoms. The van der Waals surface area contributed by atoms with Gasteiger partial charge in [0, 0.05) is 30.2 Å². The Kier molecular flexibility index (Phi) is 5.16. The summed E-state index contributed by atoms with van der Waals surface area (Å²) in [6, 6.07) is 3.89. The van der Waals surface area contributed by atoms with E-state index < -0.39 is 0 Å². The van der Waals surface area contributed by atoms with Gasteiger partial charge < -0.3 is 14.8 Å². The van der Waals surface area contributed by atoms with E-state index in [1.165, 1.54) is 38.2 Å². The van der Waals surface area contributed by atoms with Crippen LogP contribution in [0.1, 0.15) is 70.0 Å². The maximum absolute atomic E-state index is 14.8. The minimum atomic E-state index is -0.196. The van der Waals surface area contributed by atoms with Gasteiger partial charge in [0.05, 0.1) is 18.4 Å². The average Bonchev–Trinajstić information content (AvgIpc) is 3.12. The Balaban J connectivity index is 1.60. The summed E-state index contributed by atoms with van der Waals surface area (Å²) in [6.07, 6.45) is 9.63. The van der Waals surface area contributed by atoms with E-state index >= 15 is 0 Å². The lowest BCUT2D eigenvalue weighted by molar-refractivity contribution is 0.0725. The van der Waals surface area contributed by atoms with Crippen LogP contribution >= 0.6 is 0 Å². The first-order valence-electron chi connectivity index (χ1n) is 10.1. The number of benzene rings is 1. The highest BCUT2D eigenvalue weighted by Crippen LogP contribution is 2.49. The zero-order valence-electron chi connectivity index (χ0n) is 15.2. The SMILES string of the molecule is CCCCOc1cc(F)c2c(c1)[C@H]1OCC[C@H]1[C@@H](C1CCCCC1)N2. The van der Waals surface area contributed by atoms with Crippen LogP contribution in [-0.2, 0) is 4.74 Å². The van der Waals surface area contributed by atoms with Gasteiger partial charge in [-0.3, -0.25) is 0 Å². The molecule has 1 N–H and O–H groups in total. The first-order chi connectivity index (χ1) is 12.3. The molecule has 3 aliphatic rings. The second-order valence-electron chi connectivity index (χ2n) is 7.88. The number of halogens is 1. The maximum atomic E-state index is 14.8. The standard InChI is InChI=1S/C21H30FNO2/c1-2-3-10-24-15-12-17-20(18(22)13-15)23-19(14-7-5-4-6-8-14)16-9-11-25-21(16)17/h12-14,16,19,21,23H,2-11H2,1H3/t16-,19+,21-/m0/s1. The van der Waals surface area contributed by atoms with Crippen molar-refractivity contribution in [3.05, 3.63) is 23.5 Å². The van der Waals surface area contributed by atoms with Gasteiger partial charge in [-0.2, -0.15) is 0 Å². The highest BCUT2D eigenvalue weighted by Gasteiger charge is 2.44. The van der Waals surface area contributed by atoms with E-state index in [0.29, 0.717) is 35.9 Å². The number of hydrogen-bond donors (Lipinski definition) is 1. The lowest BCUT2D eigenvalue weighted by Gasteiger charge is -2.42. The topological polar surface area (TPSA) is 30.5 Å². The number of hydrogen-bond acceptors (Lipinski definition) is 3. The summed E-state index contributed by atoms with van der Waals surface area (Å²) in [7, 11) is 0. The molecule has 3 nitrogen and oxygen atoms in total. The number of anilines is 1. The summed E-state index contributed by atoms with van der Waals surface area (Å²) in [4.78, 5) is 0. The Morgan fingerprint density at radius 2 is 2.04 bits per heavy atom. The van der Waals surface area contributed by atoms with E-state index in [1.807, 2.05) is 6.07 Å².